The number of allylic oxidation sites excluding steroid dienone is 1. The lowest BCUT2D eigenvalue weighted by Crippen LogP contribution is -2.19. The maximum Gasteiger partial charge on any atom is 0.230 e. The molecule has 0 aliphatic carbocycles. The maximum absolute atomic E-state index is 11.7. The molecule has 0 saturated heterocycles. The van der Waals surface area contributed by atoms with Gasteiger partial charge in [0.1, 0.15) is 17.9 Å². The molecule has 1 N–H and O–H groups in total. The molecule has 0 saturated carbocycles. The van der Waals surface area contributed by atoms with Crippen LogP contribution >= 0.6 is 23.4 Å². The summed E-state index contributed by atoms with van der Waals surface area (Å²) < 4.78 is 6.19. The molecule has 1 aromatic carbocycles. The number of anilines is 1. The average molecular weight is 469 g/mol. The second kappa shape index (κ2) is 11.0. The zero-order valence-corrected chi connectivity index (χ0v) is 19.8. The van der Waals surface area contributed by atoms with Gasteiger partial charge in [0.25, 0.3) is 0 Å². The molecular formula is C24H25ClN4O2S. The first-order valence-corrected chi connectivity index (χ1v) is 11.4. The Morgan fingerprint density at radius 2 is 2.19 bits per heavy atom. The van der Waals surface area contributed by atoms with Crippen LogP contribution in [0.3, 0.4) is 0 Å². The van der Waals surface area contributed by atoms with Gasteiger partial charge in [0.05, 0.1) is 16.5 Å². The number of fused-ring (bicyclic) bond motifs is 1. The number of nitrogens with zero attached hydrogens (tertiary/aromatic N) is 3. The third-order valence-corrected chi connectivity index (χ3v) is 6.06. The number of aryl methyl sites for hydroxylation is 1. The number of halogens is 1. The molecule has 0 unspecified atom stereocenters. The summed E-state index contributed by atoms with van der Waals surface area (Å²) in [5.74, 6) is 0.842. The Labute approximate surface area is 197 Å². The fourth-order valence-electron chi connectivity index (χ4n) is 3.13. The Balaban J connectivity index is 1.95. The molecule has 2 aromatic heterocycles. The lowest BCUT2D eigenvalue weighted by molar-refractivity contribution is -0.118. The Hall–Kier alpha value is -3.03. The molecule has 1 amide bonds. The predicted molar refractivity (Wildman–Crippen MR) is 132 cm³/mol. The number of aromatic nitrogens is 2. The van der Waals surface area contributed by atoms with E-state index in [-0.39, 0.29) is 18.3 Å². The van der Waals surface area contributed by atoms with E-state index < -0.39 is 0 Å². The number of carbonyl (C=O) groups excluding carboxylic acids is 1. The number of ether oxygens (including phenoxy) is 1. The lowest BCUT2D eigenvalue weighted by atomic mass is 10.1. The molecule has 6 nitrogen and oxygen atoms in total. The van der Waals surface area contributed by atoms with E-state index in [2.05, 4.69) is 16.9 Å². The topological polar surface area (TPSA) is 67.3 Å². The number of para-hydroxylation sites is 1. The molecule has 0 spiro atoms. The highest BCUT2D eigenvalue weighted by Gasteiger charge is 2.15. The number of pyridine rings is 2. The van der Waals surface area contributed by atoms with Gasteiger partial charge in [0.15, 0.2) is 0 Å². The smallest absolute Gasteiger partial charge is 0.230 e. The first-order chi connectivity index (χ1) is 15.5. The molecular weight excluding hydrogens is 444 g/mol. The van der Waals surface area contributed by atoms with Gasteiger partial charge in [-0.1, -0.05) is 36.4 Å². The molecule has 0 bridgehead atoms. The van der Waals surface area contributed by atoms with Gasteiger partial charge in [0, 0.05) is 53.4 Å². The van der Waals surface area contributed by atoms with E-state index in [1.165, 1.54) is 11.8 Å². The molecule has 3 aromatic rings. The molecule has 0 aliphatic rings. The van der Waals surface area contributed by atoms with Crippen LogP contribution in [0.1, 0.15) is 18.2 Å². The Kier molecular flexibility index (Phi) is 8.14. The summed E-state index contributed by atoms with van der Waals surface area (Å²) in [6.07, 6.45) is 8.93. The normalized spacial score (nSPS) is 11.0. The minimum atomic E-state index is -0.0731. The van der Waals surface area contributed by atoms with Crippen molar-refractivity contribution in [3.8, 4) is 5.75 Å². The number of carbonyl (C=O) groups is 1. The number of nitrogens with one attached hydrogen (secondary N) is 1. The summed E-state index contributed by atoms with van der Waals surface area (Å²) in [5, 5.41) is 4.05. The molecule has 2 heterocycles. The van der Waals surface area contributed by atoms with Gasteiger partial charge in [-0.05, 0) is 26.0 Å². The van der Waals surface area contributed by atoms with Crippen LogP contribution in [-0.4, -0.2) is 28.7 Å². The van der Waals surface area contributed by atoms with Crippen LogP contribution in [-0.2, 0) is 11.4 Å². The third-order valence-electron chi connectivity index (χ3n) is 4.67. The summed E-state index contributed by atoms with van der Waals surface area (Å²) in [6, 6.07) is 7.85. The highest BCUT2D eigenvalue weighted by atomic mass is 35.5. The van der Waals surface area contributed by atoms with E-state index in [4.69, 9.17) is 21.3 Å². The van der Waals surface area contributed by atoms with Gasteiger partial charge in [-0.3, -0.25) is 9.78 Å². The van der Waals surface area contributed by atoms with Crippen molar-refractivity contribution in [3.63, 3.8) is 0 Å². The van der Waals surface area contributed by atoms with Gasteiger partial charge in [-0.2, -0.15) is 0 Å². The summed E-state index contributed by atoms with van der Waals surface area (Å²) in [7, 11) is 1.61. The zero-order chi connectivity index (χ0) is 23.1. The average Bonchev–Trinajstić information content (AvgIpc) is 2.80. The number of benzene rings is 1. The van der Waals surface area contributed by atoms with Crippen molar-refractivity contribution >= 4 is 45.9 Å². The van der Waals surface area contributed by atoms with Crippen LogP contribution < -0.4 is 15.0 Å². The Morgan fingerprint density at radius 1 is 1.38 bits per heavy atom. The van der Waals surface area contributed by atoms with Crippen LogP contribution in [0.15, 0.2) is 66.6 Å². The second-order valence-electron chi connectivity index (χ2n) is 6.86. The minimum Gasteiger partial charge on any atom is -0.487 e. The number of hydrogen-bond donors (Lipinski definition) is 1. The zero-order valence-electron chi connectivity index (χ0n) is 18.3. The molecule has 0 radical (unpaired) electrons. The highest BCUT2D eigenvalue weighted by Crippen LogP contribution is 2.34. The Bertz CT molecular complexity index is 1170. The van der Waals surface area contributed by atoms with E-state index in [0.717, 1.165) is 32.7 Å². The standard InChI is InChI=1S/C24H25ClN4O2S/c1-5-10-29(6-2)20-11-16(3)28-24-17(20)8-7-9-21(24)31-14-18-19(25)12-27-13-22(18)32-15-23(30)26-4/h5-13H,2,14-15H2,1,3-4H3,(H,26,30)/b10-5-. The van der Waals surface area contributed by atoms with E-state index in [1.54, 1.807) is 25.6 Å². The van der Waals surface area contributed by atoms with Crippen molar-refractivity contribution in [2.24, 2.45) is 0 Å². The number of thioether (sulfide) groups is 1. The van der Waals surface area contributed by atoms with Crippen molar-refractivity contribution in [1.29, 1.82) is 0 Å². The van der Waals surface area contributed by atoms with E-state index >= 15 is 0 Å². The van der Waals surface area contributed by atoms with E-state index in [9.17, 15) is 4.79 Å². The van der Waals surface area contributed by atoms with Crippen LogP contribution in [0, 0.1) is 6.92 Å². The van der Waals surface area contributed by atoms with Gasteiger partial charge in [0.2, 0.25) is 5.91 Å². The minimum absolute atomic E-state index is 0.0731. The number of rotatable bonds is 9. The molecule has 166 valence electrons. The monoisotopic (exact) mass is 468 g/mol. The SMILES string of the molecule is C=CN(/C=C\C)c1cc(C)nc2c(OCc3c(Cl)cncc3SCC(=O)NC)cccc12. The molecule has 32 heavy (non-hydrogen) atoms. The van der Waals surface area contributed by atoms with Crippen molar-refractivity contribution in [2.75, 3.05) is 17.7 Å². The highest BCUT2D eigenvalue weighted by molar-refractivity contribution is 8.00. The molecule has 3 rings (SSSR count). The summed E-state index contributed by atoms with van der Waals surface area (Å²) >= 11 is 7.78. The first-order valence-electron chi connectivity index (χ1n) is 10.0. The van der Waals surface area contributed by atoms with Crippen LogP contribution in [0.5, 0.6) is 5.75 Å². The summed E-state index contributed by atoms with van der Waals surface area (Å²) in [6.45, 7) is 8.05. The molecule has 0 fully saturated rings. The molecule has 8 heteroatoms. The van der Waals surface area contributed by atoms with Crippen molar-refractivity contribution in [2.45, 2.75) is 25.3 Å². The van der Waals surface area contributed by atoms with Crippen LogP contribution in [0.2, 0.25) is 5.02 Å². The number of amides is 1. The van der Waals surface area contributed by atoms with Crippen molar-refractivity contribution in [1.82, 2.24) is 15.3 Å². The quantitative estimate of drug-likeness (QED) is 0.419. The molecule has 0 atom stereocenters. The second-order valence-corrected chi connectivity index (χ2v) is 8.28. The van der Waals surface area contributed by atoms with Crippen LogP contribution in [0.25, 0.3) is 10.9 Å². The van der Waals surface area contributed by atoms with E-state index in [0.29, 0.717) is 10.8 Å². The fraction of sp³-hybridized carbons (Fsp3) is 0.208. The Morgan fingerprint density at radius 3 is 2.91 bits per heavy atom. The van der Waals surface area contributed by atoms with Crippen molar-refractivity contribution in [3.05, 3.63) is 78.0 Å². The van der Waals surface area contributed by atoms with Crippen molar-refractivity contribution < 1.29 is 9.53 Å². The van der Waals surface area contributed by atoms with E-state index in [1.807, 2.05) is 55.3 Å². The summed E-state index contributed by atoms with van der Waals surface area (Å²) in [4.78, 5) is 23.3. The first kappa shape index (κ1) is 23.6. The van der Waals surface area contributed by atoms with Gasteiger partial charge >= 0.3 is 0 Å². The van der Waals surface area contributed by atoms with Crippen LogP contribution in [0.4, 0.5) is 5.69 Å². The predicted octanol–water partition coefficient (Wildman–Crippen LogP) is 5.49. The maximum atomic E-state index is 11.7. The summed E-state index contributed by atoms with van der Waals surface area (Å²) in [5.41, 5.74) is 3.36. The number of hydrogen-bond acceptors (Lipinski definition) is 6. The largest absolute Gasteiger partial charge is 0.487 e. The van der Waals surface area contributed by atoms with Gasteiger partial charge < -0.3 is 15.0 Å². The third kappa shape index (κ3) is 5.41. The van der Waals surface area contributed by atoms with Gasteiger partial charge in [-0.25, -0.2) is 4.98 Å². The lowest BCUT2D eigenvalue weighted by Gasteiger charge is -2.19. The molecule has 0 aliphatic heterocycles. The fourth-order valence-corrected chi connectivity index (χ4v) is 4.31. The van der Waals surface area contributed by atoms with Gasteiger partial charge in [-0.15, -0.1) is 11.8 Å².